The van der Waals surface area contributed by atoms with Crippen molar-refractivity contribution in [2.75, 3.05) is 19.4 Å². The Labute approximate surface area is 127 Å². The van der Waals surface area contributed by atoms with E-state index in [9.17, 15) is 14.7 Å². The molecule has 0 aromatic heterocycles. The van der Waals surface area contributed by atoms with Crippen LogP contribution in [0.5, 0.6) is 0 Å². The minimum atomic E-state index is -0.671. The molecule has 1 aromatic carbocycles. The van der Waals surface area contributed by atoms with Crippen molar-refractivity contribution in [3.8, 4) is 0 Å². The Hall–Kier alpha value is -1.53. The summed E-state index contributed by atoms with van der Waals surface area (Å²) in [5, 5.41) is 9.79. The summed E-state index contributed by atoms with van der Waals surface area (Å²) >= 11 is 1.65. The number of aliphatic hydroxyl groups excluding tert-OH is 1. The van der Waals surface area contributed by atoms with Crippen LogP contribution < -0.4 is 0 Å². The van der Waals surface area contributed by atoms with Crippen LogP contribution in [0.2, 0.25) is 0 Å². The summed E-state index contributed by atoms with van der Waals surface area (Å²) in [5.41, 5.74) is 1.01. The van der Waals surface area contributed by atoms with Crippen LogP contribution in [0.3, 0.4) is 0 Å². The number of amides is 1. The van der Waals surface area contributed by atoms with Crippen molar-refractivity contribution in [3.05, 3.63) is 29.8 Å². The zero-order chi connectivity index (χ0) is 15.0. The number of carbonyl (C=O) groups excluding carboxylic acids is 2. The maximum Gasteiger partial charge on any atom is 0.328 e. The fraction of sp³-hybridized carbons (Fsp3) is 0.467. The van der Waals surface area contributed by atoms with Crippen LogP contribution in [-0.2, 0) is 14.3 Å². The van der Waals surface area contributed by atoms with Gasteiger partial charge in [0.05, 0.1) is 19.1 Å². The van der Waals surface area contributed by atoms with Gasteiger partial charge in [-0.05, 0) is 11.6 Å². The Bertz CT molecular complexity index is 577. The minimum Gasteiger partial charge on any atom is -0.467 e. The van der Waals surface area contributed by atoms with E-state index in [1.807, 2.05) is 24.3 Å². The molecule has 0 spiro atoms. The molecule has 3 rings (SSSR count). The highest BCUT2D eigenvalue weighted by Crippen LogP contribution is 2.41. The van der Waals surface area contributed by atoms with Crippen LogP contribution in [0.15, 0.2) is 29.2 Å². The predicted octanol–water partition coefficient (Wildman–Crippen LogP) is 1.01. The van der Waals surface area contributed by atoms with Gasteiger partial charge in [0.1, 0.15) is 6.04 Å². The number of fused-ring (bicyclic) bond motifs is 1. The number of thioether (sulfide) groups is 1. The first-order valence-electron chi connectivity index (χ1n) is 6.90. The lowest BCUT2D eigenvalue weighted by Crippen LogP contribution is -2.43. The average Bonchev–Trinajstić information content (AvgIpc) is 3.09. The third kappa shape index (κ3) is 2.53. The molecule has 5 nitrogen and oxygen atoms in total. The van der Waals surface area contributed by atoms with Gasteiger partial charge in [-0.1, -0.05) is 18.2 Å². The van der Waals surface area contributed by atoms with Crippen molar-refractivity contribution in [2.24, 2.45) is 0 Å². The van der Waals surface area contributed by atoms with Gasteiger partial charge in [0.25, 0.3) is 0 Å². The molecule has 1 fully saturated rings. The second kappa shape index (κ2) is 5.69. The first-order chi connectivity index (χ1) is 10.1. The molecular weight excluding hydrogens is 290 g/mol. The number of nitrogens with zero attached hydrogens (tertiary/aromatic N) is 1. The summed E-state index contributed by atoms with van der Waals surface area (Å²) in [5.74, 6) is -0.125. The summed E-state index contributed by atoms with van der Waals surface area (Å²) in [6.07, 6.45) is -0.415. The molecule has 0 radical (unpaired) electrons. The molecule has 1 aromatic rings. The molecule has 112 valence electrons. The number of methoxy groups -OCH3 is 1. The zero-order valence-corrected chi connectivity index (χ0v) is 12.5. The third-order valence-corrected chi connectivity index (χ3v) is 5.22. The van der Waals surface area contributed by atoms with Crippen molar-refractivity contribution in [1.29, 1.82) is 0 Å². The van der Waals surface area contributed by atoms with Crippen LogP contribution in [0.4, 0.5) is 0 Å². The summed E-state index contributed by atoms with van der Waals surface area (Å²) in [6.45, 7) is 0.196. The second-order valence-electron chi connectivity index (χ2n) is 5.32. The summed E-state index contributed by atoms with van der Waals surface area (Å²) in [4.78, 5) is 27.2. The molecule has 0 bridgehead atoms. The van der Waals surface area contributed by atoms with Crippen molar-refractivity contribution >= 4 is 23.6 Å². The number of benzene rings is 1. The highest BCUT2D eigenvalue weighted by atomic mass is 32.2. The van der Waals surface area contributed by atoms with Gasteiger partial charge in [-0.3, -0.25) is 4.79 Å². The zero-order valence-electron chi connectivity index (χ0n) is 11.7. The smallest absolute Gasteiger partial charge is 0.328 e. The molecule has 1 saturated heterocycles. The van der Waals surface area contributed by atoms with Gasteiger partial charge < -0.3 is 14.7 Å². The van der Waals surface area contributed by atoms with Crippen LogP contribution >= 0.6 is 11.8 Å². The van der Waals surface area contributed by atoms with Gasteiger partial charge in [-0.2, -0.15) is 0 Å². The molecule has 0 aliphatic carbocycles. The fourth-order valence-corrected chi connectivity index (χ4v) is 4.20. The van der Waals surface area contributed by atoms with Crippen LogP contribution in [0.1, 0.15) is 17.9 Å². The van der Waals surface area contributed by atoms with E-state index in [0.717, 1.165) is 10.5 Å². The van der Waals surface area contributed by atoms with Gasteiger partial charge in [0.15, 0.2) is 0 Å². The number of esters is 1. The molecule has 2 aliphatic heterocycles. The van der Waals surface area contributed by atoms with Gasteiger partial charge in [0.2, 0.25) is 5.91 Å². The van der Waals surface area contributed by atoms with E-state index in [1.165, 1.54) is 12.0 Å². The van der Waals surface area contributed by atoms with Crippen molar-refractivity contribution in [2.45, 2.75) is 29.4 Å². The number of likely N-dealkylation sites (tertiary alicyclic amines) is 1. The molecule has 3 atom stereocenters. The minimum absolute atomic E-state index is 0.0978. The fourth-order valence-electron chi connectivity index (χ4n) is 2.98. The first kappa shape index (κ1) is 14.4. The van der Waals surface area contributed by atoms with Crippen molar-refractivity contribution in [3.63, 3.8) is 0 Å². The average molecular weight is 307 g/mol. The summed E-state index contributed by atoms with van der Waals surface area (Å²) in [7, 11) is 1.30. The number of β-amino-alcohol motifs (C(OH)–C–C–N with tert-alkyl or cyclic N) is 1. The highest BCUT2D eigenvalue weighted by molar-refractivity contribution is 7.99. The quantitative estimate of drug-likeness (QED) is 0.826. The van der Waals surface area contributed by atoms with E-state index < -0.39 is 18.1 Å². The van der Waals surface area contributed by atoms with Crippen molar-refractivity contribution in [1.82, 2.24) is 4.90 Å². The lowest BCUT2D eigenvalue weighted by molar-refractivity contribution is -0.151. The lowest BCUT2D eigenvalue weighted by Gasteiger charge is -2.25. The van der Waals surface area contributed by atoms with Gasteiger partial charge >= 0.3 is 5.97 Å². The molecule has 6 heteroatoms. The first-order valence-corrected chi connectivity index (χ1v) is 7.88. The number of carbonyl (C=O) groups is 2. The molecule has 3 unspecified atom stereocenters. The standard InChI is InChI=1S/C15H17NO4S/c1-20-15(19)12-6-9(17)7-16(12)14(18)11-8-21-13-5-3-2-4-10(11)13/h2-5,9,11-12,17H,6-8H2,1H3. The Morgan fingerprint density at radius 2 is 2.14 bits per heavy atom. The molecule has 2 heterocycles. The van der Waals surface area contributed by atoms with E-state index in [-0.39, 0.29) is 24.8 Å². The molecule has 2 aliphatic rings. The maximum absolute atomic E-state index is 12.8. The van der Waals surface area contributed by atoms with E-state index in [2.05, 4.69) is 0 Å². The van der Waals surface area contributed by atoms with E-state index in [1.54, 1.807) is 11.8 Å². The SMILES string of the molecule is COC(=O)C1CC(O)CN1C(=O)C1CSc2ccccc21. The summed E-state index contributed by atoms with van der Waals surface area (Å²) in [6, 6.07) is 7.16. The number of aliphatic hydroxyl groups is 1. The number of rotatable bonds is 2. The normalized spacial score (nSPS) is 27.5. The molecular formula is C15H17NO4S. The molecule has 21 heavy (non-hydrogen) atoms. The second-order valence-corrected chi connectivity index (χ2v) is 6.38. The van der Waals surface area contributed by atoms with Gasteiger partial charge in [0, 0.05) is 23.6 Å². The Morgan fingerprint density at radius 1 is 1.38 bits per heavy atom. The van der Waals surface area contributed by atoms with Crippen molar-refractivity contribution < 1.29 is 19.4 Å². The Morgan fingerprint density at radius 3 is 2.90 bits per heavy atom. The van der Waals surface area contributed by atoms with Gasteiger partial charge in [-0.25, -0.2) is 4.79 Å². The van der Waals surface area contributed by atoms with E-state index in [4.69, 9.17) is 4.74 Å². The third-order valence-electron chi connectivity index (χ3n) is 4.03. The number of ether oxygens (including phenoxy) is 1. The van der Waals surface area contributed by atoms with Crippen LogP contribution in [0, 0.1) is 0 Å². The molecule has 1 amide bonds. The maximum atomic E-state index is 12.8. The molecule has 0 saturated carbocycles. The van der Waals surface area contributed by atoms with Gasteiger partial charge in [-0.15, -0.1) is 11.8 Å². The highest BCUT2D eigenvalue weighted by Gasteiger charge is 2.43. The number of hydrogen-bond acceptors (Lipinski definition) is 5. The van der Waals surface area contributed by atoms with Crippen LogP contribution in [0.25, 0.3) is 0 Å². The summed E-state index contributed by atoms with van der Waals surface area (Å²) < 4.78 is 4.75. The largest absolute Gasteiger partial charge is 0.467 e. The Balaban J connectivity index is 1.83. The lowest BCUT2D eigenvalue weighted by atomic mass is 9.99. The molecule has 1 N–H and O–H groups in total. The van der Waals surface area contributed by atoms with Crippen LogP contribution in [-0.4, -0.2) is 53.4 Å². The topological polar surface area (TPSA) is 66.8 Å². The Kier molecular flexibility index (Phi) is 3.91. The monoisotopic (exact) mass is 307 g/mol. The van der Waals surface area contributed by atoms with E-state index in [0.29, 0.717) is 5.75 Å². The number of hydrogen-bond donors (Lipinski definition) is 1. The van der Waals surface area contributed by atoms with E-state index >= 15 is 0 Å². The predicted molar refractivity (Wildman–Crippen MR) is 78.0 cm³/mol.